The molecule has 0 saturated carbocycles. The fourth-order valence-corrected chi connectivity index (χ4v) is 5.93. The summed E-state index contributed by atoms with van der Waals surface area (Å²) in [5, 5.41) is 5.19. The van der Waals surface area contributed by atoms with Crippen LogP contribution in [0.15, 0.2) is 84.9 Å². The summed E-state index contributed by atoms with van der Waals surface area (Å²) in [6.45, 7) is 3.56. The monoisotopic (exact) mass is 598 g/mol. The molecule has 7 heteroatoms. The van der Waals surface area contributed by atoms with Gasteiger partial charge in [-0.1, -0.05) is 83.9 Å². The number of benzene rings is 4. The number of carbonyl (C=O) groups is 1. The number of halogens is 4. The summed E-state index contributed by atoms with van der Waals surface area (Å²) in [6.07, 6.45) is 4.41. The highest BCUT2D eigenvalue weighted by Crippen LogP contribution is 2.29. The molecule has 1 atom stereocenters. The highest BCUT2D eigenvalue weighted by Gasteiger charge is 2.22. The summed E-state index contributed by atoms with van der Waals surface area (Å²) in [5.41, 5.74) is 2.94. The van der Waals surface area contributed by atoms with Crippen molar-refractivity contribution in [1.82, 2.24) is 10.2 Å². The average molecular weight is 600 g/mol. The van der Waals surface area contributed by atoms with Crippen molar-refractivity contribution in [1.29, 1.82) is 0 Å². The van der Waals surface area contributed by atoms with Gasteiger partial charge in [-0.3, -0.25) is 4.79 Å². The lowest BCUT2D eigenvalue weighted by Gasteiger charge is -2.33. The van der Waals surface area contributed by atoms with Gasteiger partial charge in [0.15, 0.2) is 0 Å². The van der Waals surface area contributed by atoms with Gasteiger partial charge in [0.05, 0.1) is 10.0 Å². The molecule has 1 aliphatic heterocycles. The molecule has 1 N–H and O–H groups in total. The number of nitrogens with one attached hydrogen (secondary N) is 1. The Hall–Kier alpha value is -2.63. The summed E-state index contributed by atoms with van der Waals surface area (Å²) >= 11 is 12.6. The third-order valence-corrected chi connectivity index (χ3v) is 8.65. The summed E-state index contributed by atoms with van der Waals surface area (Å²) in [5.74, 6) is 0.248. The van der Waals surface area contributed by atoms with Gasteiger partial charge in [0.1, 0.15) is 5.82 Å². The van der Waals surface area contributed by atoms with Crippen molar-refractivity contribution in [3.05, 3.63) is 117 Å². The number of nitrogens with zero attached hydrogens (tertiary/aromatic N) is 1. The van der Waals surface area contributed by atoms with Crippen molar-refractivity contribution < 1.29 is 9.18 Å². The van der Waals surface area contributed by atoms with Crippen molar-refractivity contribution in [2.75, 3.05) is 26.2 Å². The molecule has 40 heavy (non-hydrogen) atoms. The zero-order chi connectivity index (χ0) is 27.2. The Kier molecular flexibility index (Phi) is 10.9. The first-order valence-electron chi connectivity index (χ1n) is 13.6. The van der Waals surface area contributed by atoms with Gasteiger partial charge < -0.3 is 10.2 Å². The van der Waals surface area contributed by atoms with E-state index in [9.17, 15) is 9.18 Å². The van der Waals surface area contributed by atoms with Gasteiger partial charge in [0, 0.05) is 23.4 Å². The summed E-state index contributed by atoms with van der Waals surface area (Å²) in [4.78, 5) is 15.8. The van der Waals surface area contributed by atoms with E-state index in [0.29, 0.717) is 32.9 Å². The largest absolute Gasteiger partial charge is 0.351 e. The summed E-state index contributed by atoms with van der Waals surface area (Å²) < 4.78 is 14.3. The van der Waals surface area contributed by atoms with Gasteiger partial charge in [-0.05, 0) is 92.0 Å². The predicted molar refractivity (Wildman–Crippen MR) is 167 cm³/mol. The second-order valence-corrected chi connectivity index (χ2v) is 11.3. The fourth-order valence-electron chi connectivity index (χ4n) is 5.62. The molecule has 0 aromatic heterocycles. The molecule has 0 spiro atoms. The van der Waals surface area contributed by atoms with Crippen LogP contribution in [0.3, 0.4) is 0 Å². The first kappa shape index (κ1) is 30.3. The lowest BCUT2D eigenvalue weighted by Crippen LogP contribution is -2.36. The van der Waals surface area contributed by atoms with Crippen molar-refractivity contribution in [2.45, 2.75) is 31.6 Å². The lowest BCUT2D eigenvalue weighted by molar-refractivity contribution is 0.0951. The van der Waals surface area contributed by atoms with Crippen LogP contribution in [0.1, 0.15) is 46.7 Å². The quantitative estimate of drug-likeness (QED) is 0.209. The molecular formula is C33H34Cl3FN2O. The number of likely N-dealkylation sites (tertiary alicyclic amines) is 1. The van der Waals surface area contributed by atoms with Gasteiger partial charge in [-0.15, -0.1) is 12.4 Å². The molecule has 1 aliphatic rings. The minimum absolute atomic E-state index is 0. The van der Waals surface area contributed by atoms with Gasteiger partial charge in [0.25, 0.3) is 5.91 Å². The Morgan fingerprint density at radius 1 is 0.900 bits per heavy atom. The average Bonchev–Trinajstić information content (AvgIpc) is 2.96. The van der Waals surface area contributed by atoms with Crippen molar-refractivity contribution in [3.63, 3.8) is 0 Å². The molecule has 4 aromatic carbocycles. The van der Waals surface area contributed by atoms with Crippen molar-refractivity contribution in [3.8, 4) is 0 Å². The van der Waals surface area contributed by atoms with E-state index in [1.165, 1.54) is 24.5 Å². The molecule has 210 valence electrons. The first-order valence-corrected chi connectivity index (χ1v) is 14.4. The lowest BCUT2D eigenvalue weighted by atomic mass is 9.89. The van der Waals surface area contributed by atoms with E-state index in [0.717, 1.165) is 44.0 Å². The molecule has 0 radical (unpaired) electrons. The summed E-state index contributed by atoms with van der Waals surface area (Å²) in [7, 11) is 0. The van der Waals surface area contributed by atoms with Crippen molar-refractivity contribution in [2.24, 2.45) is 5.92 Å². The topological polar surface area (TPSA) is 32.3 Å². The van der Waals surface area contributed by atoms with Gasteiger partial charge >= 0.3 is 0 Å². The van der Waals surface area contributed by atoms with E-state index in [-0.39, 0.29) is 30.0 Å². The maximum atomic E-state index is 14.3. The van der Waals surface area contributed by atoms with Crippen LogP contribution >= 0.6 is 35.6 Å². The maximum absolute atomic E-state index is 14.3. The number of hydrogen-bond acceptors (Lipinski definition) is 2. The first-order chi connectivity index (χ1) is 19.0. The molecule has 1 amide bonds. The smallest absolute Gasteiger partial charge is 0.251 e. The van der Waals surface area contributed by atoms with E-state index in [1.54, 1.807) is 24.3 Å². The van der Waals surface area contributed by atoms with Crippen molar-refractivity contribution >= 4 is 52.3 Å². The molecule has 0 bridgehead atoms. The molecule has 1 saturated heterocycles. The predicted octanol–water partition coefficient (Wildman–Crippen LogP) is 8.57. The molecule has 0 aliphatic carbocycles. The number of rotatable bonds is 9. The standard InChI is InChI=1S/C33H33Cl2FN2O.ClH/c34-30-12-10-25(21-31(30)35)26(16-19-38-17-14-24(15-18-38)20-23-6-2-1-3-7-23)22-37-33(39)29-11-13-32(36)28-9-5-4-8-27(28)29;/h1-13,21,24,26H,14-20,22H2,(H,37,39);1H. The third-order valence-electron chi connectivity index (χ3n) is 7.91. The number of hydrogen-bond donors (Lipinski definition) is 1. The van der Waals surface area contributed by atoms with E-state index < -0.39 is 0 Å². The third kappa shape index (κ3) is 7.55. The molecule has 1 heterocycles. The van der Waals surface area contributed by atoms with E-state index >= 15 is 0 Å². The second kappa shape index (κ2) is 14.3. The fraction of sp³-hybridized carbons (Fsp3) is 0.303. The zero-order valence-corrected chi connectivity index (χ0v) is 24.6. The normalized spacial score (nSPS) is 15.0. The van der Waals surface area contributed by atoms with E-state index in [2.05, 4.69) is 40.5 Å². The second-order valence-electron chi connectivity index (χ2n) is 10.5. The van der Waals surface area contributed by atoms with Crippen LogP contribution in [-0.4, -0.2) is 37.0 Å². The van der Waals surface area contributed by atoms with Crippen LogP contribution in [-0.2, 0) is 6.42 Å². The zero-order valence-electron chi connectivity index (χ0n) is 22.3. The Morgan fingerprint density at radius 2 is 1.60 bits per heavy atom. The van der Waals surface area contributed by atoms with Crippen LogP contribution in [0.25, 0.3) is 10.8 Å². The van der Waals surface area contributed by atoms with Gasteiger partial charge in [0.2, 0.25) is 0 Å². The van der Waals surface area contributed by atoms with Gasteiger partial charge in [-0.25, -0.2) is 4.39 Å². The molecule has 4 aromatic rings. The van der Waals surface area contributed by atoms with Crippen LogP contribution in [0.4, 0.5) is 4.39 Å². The van der Waals surface area contributed by atoms with Crippen LogP contribution in [0.5, 0.6) is 0 Å². The molecule has 1 fully saturated rings. The summed E-state index contributed by atoms with van der Waals surface area (Å²) in [6, 6.07) is 26.4. The Balaban J connectivity index is 0.00000370. The van der Waals surface area contributed by atoms with Crippen LogP contribution in [0, 0.1) is 11.7 Å². The molecular weight excluding hydrogens is 566 g/mol. The van der Waals surface area contributed by atoms with E-state index in [4.69, 9.17) is 23.2 Å². The molecule has 3 nitrogen and oxygen atoms in total. The molecule has 1 unspecified atom stereocenters. The van der Waals surface area contributed by atoms with Gasteiger partial charge in [-0.2, -0.15) is 0 Å². The highest BCUT2D eigenvalue weighted by atomic mass is 35.5. The number of carbonyl (C=O) groups excluding carboxylic acids is 1. The number of fused-ring (bicyclic) bond motifs is 1. The SMILES string of the molecule is Cl.O=C(NCC(CCN1CCC(Cc2ccccc2)CC1)c1ccc(Cl)c(Cl)c1)c1ccc(F)c2ccccc12. The Labute approximate surface area is 252 Å². The minimum atomic E-state index is -0.330. The maximum Gasteiger partial charge on any atom is 0.251 e. The molecule has 5 rings (SSSR count). The van der Waals surface area contributed by atoms with E-state index in [1.807, 2.05) is 24.3 Å². The van der Waals surface area contributed by atoms with Crippen LogP contribution < -0.4 is 5.32 Å². The Bertz CT molecular complexity index is 1420. The number of amides is 1. The Morgan fingerprint density at radius 3 is 2.33 bits per heavy atom. The number of piperidine rings is 1. The van der Waals surface area contributed by atoms with Crippen LogP contribution in [0.2, 0.25) is 10.0 Å². The highest BCUT2D eigenvalue weighted by molar-refractivity contribution is 6.42. The minimum Gasteiger partial charge on any atom is -0.351 e.